The van der Waals surface area contributed by atoms with Crippen molar-refractivity contribution in [1.29, 1.82) is 0 Å². The number of allylic oxidation sites excluding steroid dienone is 1. The molecule has 1 heterocycles. The fraction of sp³-hybridized carbons (Fsp3) is 0.182. The lowest BCUT2D eigenvalue weighted by molar-refractivity contribution is -0.171. The van der Waals surface area contributed by atoms with Crippen LogP contribution in [0.1, 0.15) is 0 Å². The largest absolute Gasteiger partial charge is 0.422 e. The summed E-state index contributed by atoms with van der Waals surface area (Å²) in [5.74, 6) is 0. The second-order valence-corrected chi connectivity index (χ2v) is 6.67. The van der Waals surface area contributed by atoms with E-state index in [4.69, 9.17) is 11.6 Å². The molecule has 0 atom stereocenters. The van der Waals surface area contributed by atoms with E-state index in [0.29, 0.717) is 34.2 Å². The number of nitrogens with zero attached hydrogens (tertiary/aromatic N) is 1. The van der Waals surface area contributed by atoms with Gasteiger partial charge in [0.05, 0.1) is 9.92 Å². The third-order valence-electron chi connectivity index (χ3n) is 2.18. The molecule has 0 aromatic heterocycles. The zero-order valence-corrected chi connectivity index (χ0v) is 12.1. The van der Waals surface area contributed by atoms with Crippen LogP contribution < -0.4 is 0 Å². The van der Waals surface area contributed by atoms with E-state index < -0.39 is 22.2 Å². The third kappa shape index (κ3) is 4.10. The number of thioether (sulfide) groups is 2. The summed E-state index contributed by atoms with van der Waals surface area (Å²) in [7, 11) is 0. The molecule has 0 aliphatic carbocycles. The highest BCUT2D eigenvalue weighted by Gasteiger charge is 2.55. The summed E-state index contributed by atoms with van der Waals surface area (Å²) in [6, 6.07) is 6.05. The zero-order chi connectivity index (χ0) is 15.8. The molecule has 0 unspecified atom stereocenters. The maximum absolute atomic E-state index is 12.4. The second kappa shape index (κ2) is 5.77. The molecule has 0 bridgehead atoms. The molecule has 2 rings (SSSR count). The molecule has 1 saturated heterocycles. The Labute approximate surface area is 128 Å². The molecule has 1 aromatic carbocycles. The highest BCUT2D eigenvalue weighted by Crippen LogP contribution is 2.55. The fourth-order valence-corrected chi connectivity index (χ4v) is 3.48. The molecular formula is C11H4ClF6NS2. The molecule has 10 heteroatoms. The Balaban J connectivity index is 2.21. The summed E-state index contributed by atoms with van der Waals surface area (Å²) in [6.07, 6.45) is -10.9. The first-order chi connectivity index (χ1) is 9.57. The van der Waals surface area contributed by atoms with Crippen molar-refractivity contribution in [3.63, 3.8) is 0 Å². The van der Waals surface area contributed by atoms with Gasteiger partial charge in [0.25, 0.3) is 0 Å². The van der Waals surface area contributed by atoms with Gasteiger partial charge in [-0.15, -0.1) is 0 Å². The SMILES string of the molecule is FC(F)(F)C(=C1SC(=Nc2ccc(Cl)cc2)S1)C(F)(F)F. The van der Waals surface area contributed by atoms with Crippen LogP contribution in [0.4, 0.5) is 32.0 Å². The lowest BCUT2D eigenvalue weighted by Gasteiger charge is -2.24. The van der Waals surface area contributed by atoms with Crippen LogP contribution in [0.15, 0.2) is 39.1 Å². The summed E-state index contributed by atoms with van der Waals surface area (Å²) in [6.45, 7) is 0. The maximum Gasteiger partial charge on any atom is 0.422 e. The Kier molecular flexibility index (Phi) is 4.55. The van der Waals surface area contributed by atoms with Crippen LogP contribution in [0.25, 0.3) is 0 Å². The summed E-state index contributed by atoms with van der Waals surface area (Å²) < 4.78 is 73.8. The molecule has 0 spiro atoms. The monoisotopic (exact) mass is 363 g/mol. The molecule has 1 aromatic rings. The predicted molar refractivity (Wildman–Crippen MR) is 72.9 cm³/mol. The predicted octanol–water partition coefficient (Wildman–Crippen LogP) is 6.14. The summed E-state index contributed by atoms with van der Waals surface area (Å²) in [5.41, 5.74) is -2.09. The molecule has 1 nitrogen and oxygen atoms in total. The molecule has 1 aliphatic rings. The van der Waals surface area contributed by atoms with Crippen LogP contribution in [0.5, 0.6) is 0 Å². The number of alkyl halides is 6. The van der Waals surface area contributed by atoms with Crippen molar-refractivity contribution in [2.45, 2.75) is 12.4 Å². The second-order valence-electron chi connectivity index (χ2n) is 3.72. The summed E-state index contributed by atoms with van der Waals surface area (Å²) >= 11 is 6.35. The lowest BCUT2D eigenvalue weighted by Crippen LogP contribution is -2.28. The quantitative estimate of drug-likeness (QED) is 0.555. The Morgan fingerprint density at radius 2 is 1.38 bits per heavy atom. The topological polar surface area (TPSA) is 12.4 Å². The van der Waals surface area contributed by atoms with E-state index in [9.17, 15) is 26.3 Å². The van der Waals surface area contributed by atoms with Crippen molar-refractivity contribution in [2.75, 3.05) is 0 Å². The Morgan fingerprint density at radius 3 is 1.81 bits per heavy atom. The number of aliphatic imine (C=N–C) groups is 1. The van der Waals surface area contributed by atoms with Crippen molar-refractivity contribution >= 4 is 45.2 Å². The van der Waals surface area contributed by atoms with E-state index in [-0.39, 0.29) is 4.38 Å². The van der Waals surface area contributed by atoms with Gasteiger partial charge in [0.2, 0.25) is 0 Å². The van der Waals surface area contributed by atoms with Crippen LogP contribution in [0, 0.1) is 0 Å². The van der Waals surface area contributed by atoms with Gasteiger partial charge in [-0.3, -0.25) is 0 Å². The van der Waals surface area contributed by atoms with Gasteiger partial charge in [-0.05, 0) is 24.3 Å². The van der Waals surface area contributed by atoms with Crippen LogP contribution in [-0.4, -0.2) is 16.7 Å². The van der Waals surface area contributed by atoms with Crippen molar-refractivity contribution in [3.8, 4) is 0 Å². The highest BCUT2D eigenvalue weighted by atomic mass is 35.5. The first kappa shape index (κ1) is 16.6. The Hall–Kier alpha value is -0.800. The van der Waals surface area contributed by atoms with Gasteiger partial charge in [-0.1, -0.05) is 35.1 Å². The normalized spacial score (nSPS) is 15.8. The van der Waals surface area contributed by atoms with E-state index in [0.717, 1.165) is 0 Å². The van der Waals surface area contributed by atoms with Gasteiger partial charge >= 0.3 is 12.4 Å². The molecule has 0 amide bonds. The first-order valence-electron chi connectivity index (χ1n) is 5.16. The van der Waals surface area contributed by atoms with Crippen molar-refractivity contribution in [2.24, 2.45) is 4.99 Å². The average Bonchev–Trinajstić information content (AvgIpc) is 2.25. The highest BCUT2D eigenvalue weighted by molar-refractivity contribution is 8.57. The number of rotatable bonds is 1. The average molecular weight is 364 g/mol. The number of halogens is 7. The van der Waals surface area contributed by atoms with Gasteiger partial charge in [-0.2, -0.15) is 26.3 Å². The van der Waals surface area contributed by atoms with Crippen molar-refractivity contribution in [1.82, 2.24) is 0 Å². The molecular weight excluding hydrogens is 360 g/mol. The number of hydrogen-bond acceptors (Lipinski definition) is 3. The maximum atomic E-state index is 12.4. The van der Waals surface area contributed by atoms with E-state index >= 15 is 0 Å². The molecule has 1 fully saturated rings. The van der Waals surface area contributed by atoms with Crippen molar-refractivity contribution < 1.29 is 26.3 Å². The molecule has 0 radical (unpaired) electrons. The van der Waals surface area contributed by atoms with Gasteiger partial charge in [0, 0.05) is 5.02 Å². The van der Waals surface area contributed by atoms with E-state index in [1.54, 1.807) is 0 Å². The molecule has 0 saturated carbocycles. The fourth-order valence-electron chi connectivity index (χ4n) is 1.33. The van der Waals surface area contributed by atoms with Gasteiger partial charge in [-0.25, -0.2) is 4.99 Å². The summed E-state index contributed by atoms with van der Waals surface area (Å²) in [4.78, 5) is 3.92. The lowest BCUT2D eigenvalue weighted by atomic mass is 10.3. The Bertz CT molecular complexity index is 577. The third-order valence-corrected chi connectivity index (χ3v) is 4.74. The van der Waals surface area contributed by atoms with Gasteiger partial charge in [0.15, 0.2) is 5.57 Å². The zero-order valence-electron chi connectivity index (χ0n) is 9.72. The standard InChI is InChI=1S/C11H4ClF6NS2/c12-5-1-3-6(4-2-5)19-9-20-8(21-9)7(10(13,14)15)11(16,17)18/h1-4H. The van der Waals surface area contributed by atoms with E-state index in [1.165, 1.54) is 24.3 Å². The van der Waals surface area contributed by atoms with Crippen molar-refractivity contribution in [3.05, 3.63) is 39.1 Å². The minimum absolute atomic E-state index is 0.110. The molecule has 21 heavy (non-hydrogen) atoms. The molecule has 0 N–H and O–H groups in total. The smallest absolute Gasteiger partial charge is 0.234 e. The number of benzene rings is 1. The van der Waals surface area contributed by atoms with E-state index in [2.05, 4.69) is 4.99 Å². The first-order valence-corrected chi connectivity index (χ1v) is 7.17. The number of hydrogen-bond donors (Lipinski definition) is 0. The van der Waals surface area contributed by atoms with Crippen LogP contribution in [0.3, 0.4) is 0 Å². The van der Waals surface area contributed by atoms with Crippen LogP contribution in [-0.2, 0) is 0 Å². The minimum atomic E-state index is -5.45. The van der Waals surface area contributed by atoms with Gasteiger partial charge in [0.1, 0.15) is 4.38 Å². The molecule has 114 valence electrons. The van der Waals surface area contributed by atoms with Crippen LogP contribution >= 0.6 is 35.1 Å². The summed E-state index contributed by atoms with van der Waals surface area (Å²) in [5, 5.41) is 0.449. The van der Waals surface area contributed by atoms with Crippen LogP contribution in [0.2, 0.25) is 5.02 Å². The van der Waals surface area contributed by atoms with Gasteiger partial charge < -0.3 is 0 Å². The van der Waals surface area contributed by atoms with E-state index in [1.807, 2.05) is 0 Å². The Morgan fingerprint density at radius 1 is 0.905 bits per heavy atom. The molecule has 1 aliphatic heterocycles. The minimum Gasteiger partial charge on any atom is -0.234 e.